The van der Waals surface area contributed by atoms with Gasteiger partial charge in [-0.25, -0.2) is 0 Å². The molecule has 2 nitrogen and oxygen atoms in total. The number of carbonyl (C=O) groups excluding carboxylic acids is 1. The molecule has 126 valence electrons. The van der Waals surface area contributed by atoms with Gasteiger partial charge in [0.15, 0.2) is 0 Å². The second-order valence-electron chi connectivity index (χ2n) is 6.59. The van der Waals surface area contributed by atoms with Gasteiger partial charge in [0.1, 0.15) is 6.10 Å². The van der Waals surface area contributed by atoms with Crippen molar-refractivity contribution in [1.29, 1.82) is 0 Å². The van der Waals surface area contributed by atoms with Crippen LogP contribution in [0.25, 0.3) is 0 Å². The van der Waals surface area contributed by atoms with E-state index in [1.165, 1.54) is 31.2 Å². The molecule has 1 aromatic carbocycles. The lowest BCUT2D eigenvalue weighted by atomic mass is 9.87. The summed E-state index contributed by atoms with van der Waals surface area (Å²) in [4.78, 5) is 11.6. The Kier molecular flexibility index (Phi) is 7.92. The van der Waals surface area contributed by atoms with Crippen LogP contribution in [0.5, 0.6) is 0 Å². The van der Waals surface area contributed by atoms with Crippen molar-refractivity contribution in [2.45, 2.75) is 70.3 Å². The van der Waals surface area contributed by atoms with E-state index in [4.69, 9.17) is 4.74 Å². The van der Waals surface area contributed by atoms with Crippen molar-refractivity contribution >= 4 is 5.97 Å². The average molecular weight is 314 g/mol. The maximum absolute atomic E-state index is 11.6. The number of ether oxygens (including phenoxy) is 1. The molecule has 1 saturated heterocycles. The van der Waals surface area contributed by atoms with Crippen LogP contribution in [0, 0.1) is 5.92 Å². The highest BCUT2D eigenvalue weighted by Gasteiger charge is 2.40. The molecule has 0 radical (unpaired) electrons. The lowest BCUT2D eigenvalue weighted by Crippen LogP contribution is -2.45. The molecule has 0 saturated carbocycles. The van der Waals surface area contributed by atoms with Gasteiger partial charge in [0.2, 0.25) is 0 Å². The Morgan fingerprint density at radius 2 is 1.70 bits per heavy atom. The number of hydrogen-bond donors (Lipinski definition) is 0. The number of rotatable bonds is 12. The molecular weight excluding hydrogens is 284 g/mol. The number of esters is 1. The fourth-order valence-electron chi connectivity index (χ4n) is 3.30. The molecule has 1 fully saturated rings. The number of allylic oxidation sites excluding steroid dienone is 1. The molecule has 1 aromatic rings. The summed E-state index contributed by atoms with van der Waals surface area (Å²) >= 11 is 0. The normalized spacial score (nSPS) is 19.9. The van der Waals surface area contributed by atoms with Crippen LogP contribution >= 0.6 is 0 Å². The van der Waals surface area contributed by atoms with Gasteiger partial charge in [-0.3, -0.25) is 4.79 Å². The summed E-state index contributed by atoms with van der Waals surface area (Å²) in [6.07, 6.45) is 13.7. The van der Waals surface area contributed by atoms with Gasteiger partial charge in [0.05, 0.1) is 5.92 Å². The fraction of sp³-hybridized carbons (Fsp3) is 0.571. The molecule has 2 heteroatoms. The quantitative estimate of drug-likeness (QED) is 0.290. The Balaban J connectivity index is 1.55. The average Bonchev–Trinajstić information content (AvgIpc) is 2.57. The minimum atomic E-state index is 0.0290. The van der Waals surface area contributed by atoms with Crippen molar-refractivity contribution < 1.29 is 9.53 Å². The van der Waals surface area contributed by atoms with E-state index in [2.05, 4.69) is 30.8 Å². The van der Waals surface area contributed by atoms with E-state index in [9.17, 15) is 4.79 Å². The van der Waals surface area contributed by atoms with Gasteiger partial charge in [0.25, 0.3) is 0 Å². The molecule has 2 atom stereocenters. The number of unbranched alkanes of at least 4 members (excludes halogenated alkanes) is 5. The maximum atomic E-state index is 11.6. The van der Waals surface area contributed by atoms with Gasteiger partial charge in [0, 0.05) is 0 Å². The molecule has 0 amide bonds. The van der Waals surface area contributed by atoms with Crippen LogP contribution in [0.4, 0.5) is 0 Å². The summed E-state index contributed by atoms with van der Waals surface area (Å²) in [5.74, 6) is 0.195. The van der Waals surface area contributed by atoms with Gasteiger partial charge in [-0.2, -0.15) is 0 Å². The first-order chi connectivity index (χ1) is 11.3. The molecule has 2 rings (SSSR count). The minimum Gasteiger partial charge on any atom is -0.461 e. The Morgan fingerprint density at radius 3 is 2.43 bits per heavy atom. The summed E-state index contributed by atoms with van der Waals surface area (Å²) in [5.41, 5.74) is 1.37. The van der Waals surface area contributed by atoms with Crippen molar-refractivity contribution in [2.75, 3.05) is 0 Å². The summed E-state index contributed by atoms with van der Waals surface area (Å²) in [6.45, 7) is 3.75. The predicted molar refractivity (Wildman–Crippen MR) is 95.3 cm³/mol. The zero-order valence-corrected chi connectivity index (χ0v) is 14.2. The van der Waals surface area contributed by atoms with Crippen molar-refractivity contribution in [2.24, 2.45) is 5.92 Å². The predicted octanol–water partition coefficient (Wildman–Crippen LogP) is 5.47. The molecule has 23 heavy (non-hydrogen) atoms. The third-order valence-corrected chi connectivity index (χ3v) is 4.74. The maximum Gasteiger partial charge on any atom is 0.313 e. The molecular formula is C21H30O2. The molecule has 1 aliphatic heterocycles. The molecule has 0 spiro atoms. The van der Waals surface area contributed by atoms with Crippen molar-refractivity contribution in [1.82, 2.24) is 0 Å². The van der Waals surface area contributed by atoms with E-state index in [-0.39, 0.29) is 18.0 Å². The number of hydrogen-bond acceptors (Lipinski definition) is 2. The van der Waals surface area contributed by atoms with Gasteiger partial charge in [-0.15, -0.1) is 6.58 Å². The van der Waals surface area contributed by atoms with Gasteiger partial charge < -0.3 is 4.74 Å². The van der Waals surface area contributed by atoms with Gasteiger partial charge in [-0.1, -0.05) is 62.1 Å². The Bertz CT molecular complexity index is 466. The van der Waals surface area contributed by atoms with Crippen molar-refractivity contribution in [3.05, 3.63) is 48.6 Å². The molecule has 0 aromatic heterocycles. The van der Waals surface area contributed by atoms with E-state index < -0.39 is 0 Å². The Hall–Kier alpha value is -1.57. The zero-order chi connectivity index (χ0) is 16.3. The van der Waals surface area contributed by atoms with E-state index in [0.717, 1.165) is 38.5 Å². The van der Waals surface area contributed by atoms with Crippen molar-refractivity contribution in [3.8, 4) is 0 Å². The summed E-state index contributed by atoms with van der Waals surface area (Å²) in [7, 11) is 0. The number of carbonyl (C=O) groups is 1. The largest absolute Gasteiger partial charge is 0.461 e. The standard InChI is InChI=1S/C21H30O2/c1-2-3-4-5-6-7-11-16-19-20(23-21(19)22)17-12-15-18-13-9-8-10-14-18/h2,8-10,13-14,19-20H,1,3-7,11-12,15-17H2/t19?,20-/m1/s1. The van der Waals surface area contributed by atoms with E-state index in [1.807, 2.05) is 12.1 Å². The Morgan fingerprint density at radius 1 is 0.957 bits per heavy atom. The zero-order valence-electron chi connectivity index (χ0n) is 14.2. The summed E-state index contributed by atoms with van der Waals surface area (Å²) in [5, 5.41) is 0. The van der Waals surface area contributed by atoms with Crippen LogP contribution in [0.3, 0.4) is 0 Å². The topological polar surface area (TPSA) is 26.3 Å². The van der Waals surface area contributed by atoms with Crippen LogP contribution in [0.2, 0.25) is 0 Å². The van der Waals surface area contributed by atoms with E-state index in [1.54, 1.807) is 0 Å². The first-order valence-corrected chi connectivity index (χ1v) is 9.16. The van der Waals surface area contributed by atoms with E-state index >= 15 is 0 Å². The van der Waals surface area contributed by atoms with Crippen LogP contribution in [-0.4, -0.2) is 12.1 Å². The SMILES string of the molecule is C=CCCCCCCCC1C(=O)O[C@@H]1CCCc1ccccc1. The van der Waals surface area contributed by atoms with Crippen LogP contribution in [-0.2, 0) is 16.0 Å². The van der Waals surface area contributed by atoms with Gasteiger partial charge in [-0.05, 0) is 44.1 Å². The number of cyclic esters (lactones) is 1. The second kappa shape index (κ2) is 10.3. The molecule has 1 aliphatic rings. The highest BCUT2D eigenvalue weighted by Crippen LogP contribution is 2.31. The van der Waals surface area contributed by atoms with Crippen molar-refractivity contribution in [3.63, 3.8) is 0 Å². The smallest absolute Gasteiger partial charge is 0.313 e. The summed E-state index contributed by atoms with van der Waals surface area (Å²) in [6, 6.07) is 10.5. The van der Waals surface area contributed by atoms with Crippen LogP contribution in [0.1, 0.15) is 63.4 Å². The highest BCUT2D eigenvalue weighted by molar-refractivity contribution is 5.78. The molecule has 1 unspecified atom stereocenters. The van der Waals surface area contributed by atoms with Crippen LogP contribution in [0.15, 0.2) is 43.0 Å². The Labute approximate surface area is 140 Å². The lowest BCUT2D eigenvalue weighted by Gasteiger charge is -2.35. The fourth-order valence-corrected chi connectivity index (χ4v) is 3.30. The number of aryl methyl sites for hydroxylation is 1. The third kappa shape index (κ3) is 6.21. The molecule has 1 heterocycles. The second-order valence-corrected chi connectivity index (χ2v) is 6.59. The van der Waals surface area contributed by atoms with E-state index in [0.29, 0.717) is 0 Å². The molecule has 0 aliphatic carbocycles. The minimum absolute atomic E-state index is 0.0290. The van der Waals surface area contributed by atoms with Gasteiger partial charge >= 0.3 is 5.97 Å². The molecule has 0 bridgehead atoms. The first-order valence-electron chi connectivity index (χ1n) is 9.16. The molecule has 0 N–H and O–H groups in total. The number of benzene rings is 1. The monoisotopic (exact) mass is 314 g/mol. The van der Waals surface area contributed by atoms with Crippen LogP contribution < -0.4 is 0 Å². The first kappa shape index (κ1) is 17.8. The summed E-state index contributed by atoms with van der Waals surface area (Å²) < 4.78 is 5.35. The highest BCUT2D eigenvalue weighted by atomic mass is 16.6. The lowest BCUT2D eigenvalue weighted by molar-refractivity contribution is -0.186. The third-order valence-electron chi connectivity index (χ3n) is 4.74.